The van der Waals surface area contributed by atoms with Crippen molar-refractivity contribution < 1.29 is 4.79 Å². The second-order valence-electron chi connectivity index (χ2n) is 7.61. The van der Waals surface area contributed by atoms with Gasteiger partial charge in [-0.3, -0.25) is 0 Å². The first kappa shape index (κ1) is 18.9. The van der Waals surface area contributed by atoms with E-state index < -0.39 is 0 Å². The average molecular weight is 464 g/mol. The zero-order valence-corrected chi connectivity index (χ0v) is 18.3. The fraction of sp³-hybridized carbons (Fsp3) is 0.217. The van der Waals surface area contributed by atoms with Gasteiger partial charge in [-0.05, 0) is 55.0 Å². The number of nitrogens with one attached hydrogen (secondary N) is 1. The Balaban J connectivity index is 1.35. The van der Waals surface area contributed by atoms with Crippen LogP contribution in [0.15, 0.2) is 65.3 Å². The largest absolute Gasteiger partial charge is 0.351 e. The van der Waals surface area contributed by atoms with Gasteiger partial charge >= 0.3 is 6.03 Å². The van der Waals surface area contributed by atoms with Crippen molar-refractivity contribution in [2.45, 2.75) is 6.92 Å². The highest BCUT2D eigenvalue weighted by molar-refractivity contribution is 9.10. The molecule has 2 amide bonds. The van der Waals surface area contributed by atoms with E-state index in [2.05, 4.69) is 48.9 Å². The van der Waals surface area contributed by atoms with Crippen molar-refractivity contribution in [2.24, 2.45) is 0 Å². The van der Waals surface area contributed by atoms with E-state index in [0.717, 1.165) is 51.2 Å². The van der Waals surface area contributed by atoms with E-state index >= 15 is 0 Å². The molecule has 1 fully saturated rings. The highest BCUT2D eigenvalue weighted by atomic mass is 79.9. The summed E-state index contributed by atoms with van der Waals surface area (Å²) in [6.07, 6.45) is 2.07. The summed E-state index contributed by atoms with van der Waals surface area (Å²) >= 11 is 3.55. The number of nitrogens with zero attached hydrogens (tertiary/aromatic N) is 4. The molecule has 0 unspecified atom stereocenters. The molecule has 0 spiro atoms. The number of urea groups is 1. The van der Waals surface area contributed by atoms with Crippen LogP contribution in [0, 0.1) is 6.92 Å². The van der Waals surface area contributed by atoms with Crippen molar-refractivity contribution in [1.82, 2.24) is 14.3 Å². The Morgan fingerprint density at radius 2 is 1.83 bits per heavy atom. The lowest BCUT2D eigenvalue weighted by atomic mass is 10.2. The van der Waals surface area contributed by atoms with E-state index in [1.165, 1.54) is 0 Å². The van der Waals surface area contributed by atoms with Crippen molar-refractivity contribution in [3.8, 4) is 0 Å². The highest BCUT2D eigenvalue weighted by Crippen LogP contribution is 2.28. The van der Waals surface area contributed by atoms with Gasteiger partial charge in [0.15, 0.2) is 5.82 Å². The molecule has 4 aromatic rings. The second-order valence-corrected chi connectivity index (χ2v) is 8.52. The van der Waals surface area contributed by atoms with Crippen LogP contribution in [-0.2, 0) is 0 Å². The Kier molecular flexibility index (Phi) is 4.83. The molecule has 2 aromatic heterocycles. The van der Waals surface area contributed by atoms with Crippen molar-refractivity contribution in [3.63, 3.8) is 0 Å². The first-order valence-electron chi connectivity index (χ1n) is 10.0. The predicted octanol–water partition coefficient (Wildman–Crippen LogP) is 4.91. The summed E-state index contributed by atoms with van der Waals surface area (Å²) < 4.78 is 3.19. The lowest BCUT2D eigenvalue weighted by molar-refractivity contribution is 0.208. The number of halogens is 1. The Labute approximate surface area is 183 Å². The Bertz CT molecular complexity index is 1240. The summed E-state index contributed by atoms with van der Waals surface area (Å²) in [5, 5.41) is 3.01. The summed E-state index contributed by atoms with van der Waals surface area (Å²) in [4.78, 5) is 21.8. The van der Waals surface area contributed by atoms with Crippen molar-refractivity contribution >= 4 is 50.0 Å². The van der Waals surface area contributed by atoms with E-state index in [-0.39, 0.29) is 6.03 Å². The number of piperazine rings is 1. The smallest absolute Gasteiger partial charge is 0.321 e. The molecule has 0 bridgehead atoms. The summed E-state index contributed by atoms with van der Waals surface area (Å²) in [5.74, 6) is 0.962. The Hall–Kier alpha value is -3.06. The molecule has 0 aliphatic carbocycles. The van der Waals surface area contributed by atoms with Gasteiger partial charge in [0.05, 0.1) is 16.6 Å². The summed E-state index contributed by atoms with van der Waals surface area (Å²) in [6.45, 7) is 4.82. The molecule has 1 saturated heterocycles. The minimum absolute atomic E-state index is 0.0523. The number of rotatable bonds is 2. The first-order chi connectivity index (χ1) is 14.6. The topological polar surface area (TPSA) is 52.9 Å². The molecule has 2 aromatic carbocycles. The van der Waals surface area contributed by atoms with Crippen molar-refractivity contribution in [1.29, 1.82) is 0 Å². The number of anilines is 2. The quantitative estimate of drug-likeness (QED) is 0.459. The first-order valence-corrected chi connectivity index (χ1v) is 10.8. The molecule has 1 aliphatic rings. The van der Waals surface area contributed by atoms with Gasteiger partial charge < -0.3 is 19.5 Å². The number of hydrogen-bond acceptors (Lipinski definition) is 3. The molecule has 30 heavy (non-hydrogen) atoms. The molecule has 0 atom stereocenters. The number of carbonyl (C=O) groups is 1. The van der Waals surface area contributed by atoms with Crippen LogP contribution in [0.3, 0.4) is 0 Å². The Morgan fingerprint density at radius 3 is 2.63 bits per heavy atom. The van der Waals surface area contributed by atoms with Crippen LogP contribution in [0.25, 0.3) is 16.6 Å². The molecule has 1 N–H and O–H groups in total. The van der Waals surface area contributed by atoms with Crippen LogP contribution in [0.2, 0.25) is 0 Å². The van der Waals surface area contributed by atoms with E-state index in [0.29, 0.717) is 13.1 Å². The van der Waals surface area contributed by atoms with Gasteiger partial charge in [-0.1, -0.05) is 28.1 Å². The van der Waals surface area contributed by atoms with E-state index in [4.69, 9.17) is 4.98 Å². The fourth-order valence-electron chi connectivity index (χ4n) is 4.01. The molecule has 3 heterocycles. The SMILES string of the molecule is Cc1cccc(NC(=O)N2CCN(c3nc4cc(Br)ccc4n4cccc34)CC2)c1. The number of carbonyl (C=O) groups excluding carboxylic acids is 1. The van der Waals surface area contributed by atoms with Crippen LogP contribution in [-0.4, -0.2) is 46.5 Å². The summed E-state index contributed by atoms with van der Waals surface area (Å²) in [7, 11) is 0. The number of amides is 2. The van der Waals surface area contributed by atoms with Gasteiger partial charge in [0.25, 0.3) is 0 Å². The van der Waals surface area contributed by atoms with Gasteiger partial charge in [-0.25, -0.2) is 9.78 Å². The minimum Gasteiger partial charge on any atom is -0.351 e. The van der Waals surface area contributed by atoms with Crippen LogP contribution < -0.4 is 10.2 Å². The molecular formula is C23H22BrN5O. The van der Waals surface area contributed by atoms with Crippen molar-refractivity contribution in [3.05, 3.63) is 70.8 Å². The number of aryl methyl sites for hydroxylation is 1. The summed E-state index contributed by atoms with van der Waals surface area (Å²) in [5.41, 5.74) is 5.07. The zero-order chi connectivity index (χ0) is 20.7. The van der Waals surface area contributed by atoms with Gasteiger partial charge in [0.2, 0.25) is 0 Å². The van der Waals surface area contributed by atoms with E-state index in [1.54, 1.807) is 0 Å². The second kappa shape index (κ2) is 7.65. The van der Waals surface area contributed by atoms with Gasteiger partial charge in [-0.15, -0.1) is 0 Å². The summed E-state index contributed by atoms with van der Waals surface area (Å²) in [6, 6.07) is 18.1. The van der Waals surface area contributed by atoms with Gasteiger partial charge in [0.1, 0.15) is 0 Å². The van der Waals surface area contributed by atoms with Crippen LogP contribution in [0.4, 0.5) is 16.3 Å². The number of fused-ring (bicyclic) bond motifs is 3. The highest BCUT2D eigenvalue weighted by Gasteiger charge is 2.24. The number of aromatic nitrogens is 2. The predicted molar refractivity (Wildman–Crippen MR) is 124 cm³/mol. The number of hydrogen-bond donors (Lipinski definition) is 1. The van der Waals surface area contributed by atoms with Crippen LogP contribution >= 0.6 is 15.9 Å². The molecule has 0 saturated carbocycles. The lowest BCUT2D eigenvalue weighted by Gasteiger charge is -2.35. The molecule has 5 rings (SSSR count). The fourth-order valence-corrected chi connectivity index (χ4v) is 4.36. The van der Waals surface area contributed by atoms with E-state index in [1.807, 2.05) is 54.3 Å². The third-order valence-electron chi connectivity index (χ3n) is 5.54. The lowest BCUT2D eigenvalue weighted by Crippen LogP contribution is -2.50. The molecular weight excluding hydrogens is 442 g/mol. The maximum Gasteiger partial charge on any atom is 0.321 e. The number of benzene rings is 2. The van der Waals surface area contributed by atoms with Crippen LogP contribution in [0.1, 0.15) is 5.56 Å². The maximum atomic E-state index is 12.7. The van der Waals surface area contributed by atoms with E-state index in [9.17, 15) is 4.79 Å². The standard InChI is InChI=1S/C23H22BrN5O/c1-16-4-2-5-18(14-16)25-23(30)28-12-10-27(11-13-28)22-21-6-3-9-29(21)20-8-7-17(24)15-19(20)26-22/h2-9,14-15H,10-13H2,1H3,(H,25,30). The van der Waals surface area contributed by atoms with Crippen molar-refractivity contribution in [2.75, 3.05) is 36.4 Å². The molecule has 6 nitrogen and oxygen atoms in total. The molecule has 152 valence electrons. The molecule has 7 heteroatoms. The monoisotopic (exact) mass is 463 g/mol. The third-order valence-corrected chi connectivity index (χ3v) is 6.03. The average Bonchev–Trinajstić information content (AvgIpc) is 3.23. The van der Waals surface area contributed by atoms with Gasteiger partial charge in [0, 0.05) is 42.5 Å². The van der Waals surface area contributed by atoms with Crippen LogP contribution in [0.5, 0.6) is 0 Å². The normalized spacial score (nSPS) is 14.5. The Morgan fingerprint density at radius 1 is 1.00 bits per heavy atom. The maximum absolute atomic E-state index is 12.7. The van der Waals surface area contributed by atoms with Gasteiger partial charge in [-0.2, -0.15) is 0 Å². The minimum atomic E-state index is -0.0523. The third kappa shape index (κ3) is 3.50. The zero-order valence-electron chi connectivity index (χ0n) is 16.7. The molecule has 1 aliphatic heterocycles. The molecule has 0 radical (unpaired) electrons.